The van der Waals surface area contributed by atoms with E-state index < -0.39 is 0 Å². The van der Waals surface area contributed by atoms with Crippen LogP contribution in [0.4, 0.5) is 5.69 Å². The van der Waals surface area contributed by atoms with Crippen LogP contribution >= 0.6 is 0 Å². The molecule has 3 rings (SSSR count). The van der Waals surface area contributed by atoms with Gasteiger partial charge in [-0.3, -0.25) is 0 Å². The predicted molar refractivity (Wildman–Crippen MR) is 67.6 cm³/mol. The Morgan fingerprint density at radius 1 is 1.44 bits per heavy atom. The number of aryl methyl sites for hydroxylation is 1. The van der Waals surface area contributed by atoms with Gasteiger partial charge in [-0.1, -0.05) is 0 Å². The lowest BCUT2D eigenvalue weighted by Crippen LogP contribution is -2.33. The molecular weight excluding hydrogens is 196 g/mol. The first-order chi connectivity index (χ1) is 7.66. The molecule has 0 fully saturated rings. The lowest BCUT2D eigenvalue weighted by atomic mass is 9.76. The first kappa shape index (κ1) is 10.2. The topological polar surface area (TPSA) is 29.3 Å². The molecule has 1 aliphatic heterocycles. The van der Waals surface area contributed by atoms with Crippen LogP contribution in [0.5, 0.6) is 0 Å². The van der Waals surface area contributed by atoms with Gasteiger partial charge in [0, 0.05) is 18.8 Å². The third-order valence-electron chi connectivity index (χ3n) is 4.25. The van der Waals surface area contributed by atoms with E-state index in [0.29, 0.717) is 0 Å². The molecule has 0 saturated heterocycles. The Kier molecular flexibility index (Phi) is 2.21. The number of nitrogens with two attached hydrogens (primary N) is 1. The first-order valence-electron chi connectivity index (χ1n) is 6.26. The minimum Gasteiger partial charge on any atom is -0.398 e. The van der Waals surface area contributed by atoms with Gasteiger partial charge in [-0.15, -0.1) is 0 Å². The van der Waals surface area contributed by atoms with Crippen molar-refractivity contribution in [3.63, 3.8) is 0 Å². The Morgan fingerprint density at radius 2 is 2.25 bits per heavy atom. The number of anilines is 1. The van der Waals surface area contributed by atoms with Crippen LogP contribution in [0.1, 0.15) is 41.0 Å². The fraction of sp³-hybridized carbons (Fsp3) is 0.571. The molecule has 2 nitrogen and oxygen atoms in total. The zero-order chi connectivity index (χ0) is 11.3. The monoisotopic (exact) mass is 216 g/mol. The molecule has 16 heavy (non-hydrogen) atoms. The Hall–Kier alpha value is -1.02. The maximum Gasteiger partial charge on any atom is 0.0349 e. The minimum absolute atomic E-state index is 0.761. The van der Waals surface area contributed by atoms with E-state index in [1.165, 1.54) is 42.5 Å². The van der Waals surface area contributed by atoms with Gasteiger partial charge in [-0.05, 0) is 67.5 Å². The van der Waals surface area contributed by atoms with Gasteiger partial charge in [0.2, 0.25) is 0 Å². The summed E-state index contributed by atoms with van der Waals surface area (Å²) in [6, 6.07) is 2.23. The Balaban J connectivity index is 2.23. The molecule has 0 amide bonds. The van der Waals surface area contributed by atoms with E-state index in [1.54, 1.807) is 5.56 Å². The smallest absolute Gasteiger partial charge is 0.0349 e. The highest BCUT2D eigenvalue weighted by Crippen LogP contribution is 2.41. The number of hydrogen-bond donors (Lipinski definition) is 1. The van der Waals surface area contributed by atoms with E-state index >= 15 is 0 Å². The summed E-state index contributed by atoms with van der Waals surface area (Å²) in [5.41, 5.74) is 13.1. The van der Waals surface area contributed by atoms with Crippen LogP contribution in [0.3, 0.4) is 0 Å². The van der Waals surface area contributed by atoms with Crippen LogP contribution in [0.2, 0.25) is 0 Å². The van der Waals surface area contributed by atoms with Crippen LogP contribution in [-0.2, 0) is 13.0 Å². The normalized spacial score (nSPS) is 24.2. The fourth-order valence-electron chi connectivity index (χ4n) is 3.44. The lowest BCUT2D eigenvalue weighted by molar-refractivity contribution is 0.266. The van der Waals surface area contributed by atoms with Crippen molar-refractivity contribution in [3.8, 4) is 0 Å². The minimum atomic E-state index is 0.761. The standard InChI is InChI=1S/C14H20N2/c1-9-12-8-16(2)7-11-5-3-4-10(14(11)12)6-13(9)15/h6,11H,3-5,7-8,15H2,1-2H3. The molecule has 0 bridgehead atoms. The van der Waals surface area contributed by atoms with E-state index in [-0.39, 0.29) is 0 Å². The van der Waals surface area contributed by atoms with Crippen LogP contribution in [0, 0.1) is 6.92 Å². The Labute approximate surface area is 97.4 Å². The summed E-state index contributed by atoms with van der Waals surface area (Å²) in [5, 5.41) is 0. The molecule has 1 aromatic carbocycles. The van der Waals surface area contributed by atoms with Gasteiger partial charge < -0.3 is 10.6 Å². The van der Waals surface area contributed by atoms with Gasteiger partial charge in [-0.25, -0.2) is 0 Å². The summed E-state index contributed by atoms with van der Waals surface area (Å²) in [4.78, 5) is 2.44. The molecule has 1 atom stereocenters. The molecule has 0 spiro atoms. The molecule has 1 unspecified atom stereocenters. The van der Waals surface area contributed by atoms with Gasteiger partial charge in [0.15, 0.2) is 0 Å². The molecule has 2 heteroatoms. The van der Waals surface area contributed by atoms with Crippen molar-refractivity contribution in [1.29, 1.82) is 0 Å². The largest absolute Gasteiger partial charge is 0.398 e. The first-order valence-corrected chi connectivity index (χ1v) is 6.26. The van der Waals surface area contributed by atoms with Gasteiger partial charge in [0.1, 0.15) is 0 Å². The van der Waals surface area contributed by atoms with Gasteiger partial charge in [0.05, 0.1) is 0 Å². The van der Waals surface area contributed by atoms with Crippen molar-refractivity contribution in [2.24, 2.45) is 0 Å². The van der Waals surface area contributed by atoms with E-state index in [4.69, 9.17) is 5.73 Å². The molecule has 2 N–H and O–H groups in total. The SMILES string of the molecule is Cc1c(N)cc2c3c1CN(C)CC3CCC2. The van der Waals surface area contributed by atoms with Gasteiger partial charge in [0.25, 0.3) is 0 Å². The Bertz CT molecular complexity index is 437. The second kappa shape index (κ2) is 3.49. The second-order valence-electron chi connectivity index (χ2n) is 5.43. The van der Waals surface area contributed by atoms with Crippen LogP contribution in [0.25, 0.3) is 0 Å². The predicted octanol–water partition coefficient (Wildman–Crippen LogP) is 2.44. The summed E-state index contributed by atoms with van der Waals surface area (Å²) in [6.45, 7) is 4.48. The van der Waals surface area contributed by atoms with Crippen molar-refractivity contribution < 1.29 is 0 Å². The summed E-state index contributed by atoms with van der Waals surface area (Å²) >= 11 is 0. The molecule has 0 radical (unpaired) electrons. The number of nitrogens with zero attached hydrogens (tertiary/aromatic N) is 1. The van der Waals surface area contributed by atoms with E-state index in [1.807, 2.05) is 0 Å². The number of likely N-dealkylation sites (N-methyl/N-ethyl adjacent to an activating group) is 1. The Morgan fingerprint density at radius 3 is 3.06 bits per heavy atom. The van der Waals surface area contributed by atoms with Gasteiger partial charge >= 0.3 is 0 Å². The summed E-state index contributed by atoms with van der Waals surface area (Å²) in [6.07, 6.45) is 3.91. The average molecular weight is 216 g/mol. The van der Waals surface area contributed by atoms with Crippen LogP contribution < -0.4 is 5.73 Å². The van der Waals surface area contributed by atoms with Gasteiger partial charge in [-0.2, -0.15) is 0 Å². The molecular formula is C14H20N2. The highest BCUT2D eigenvalue weighted by Gasteiger charge is 2.30. The maximum atomic E-state index is 6.12. The number of benzene rings is 1. The van der Waals surface area contributed by atoms with Crippen molar-refractivity contribution in [1.82, 2.24) is 4.90 Å². The number of hydrogen-bond acceptors (Lipinski definition) is 2. The number of nitrogen functional groups attached to an aromatic ring is 1. The zero-order valence-corrected chi connectivity index (χ0v) is 10.2. The maximum absolute atomic E-state index is 6.12. The fourth-order valence-corrected chi connectivity index (χ4v) is 3.44. The molecule has 2 aliphatic rings. The van der Waals surface area contributed by atoms with Crippen molar-refractivity contribution >= 4 is 5.69 Å². The summed E-state index contributed by atoms with van der Waals surface area (Å²) < 4.78 is 0. The summed E-state index contributed by atoms with van der Waals surface area (Å²) in [5.74, 6) is 0.761. The number of rotatable bonds is 0. The molecule has 0 saturated carbocycles. The third kappa shape index (κ3) is 1.36. The lowest BCUT2D eigenvalue weighted by Gasteiger charge is -2.38. The molecule has 1 aliphatic carbocycles. The third-order valence-corrected chi connectivity index (χ3v) is 4.25. The second-order valence-corrected chi connectivity index (χ2v) is 5.43. The molecule has 1 aromatic rings. The zero-order valence-electron chi connectivity index (χ0n) is 10.2. The molecule has 1 heterocycles. The van der Waals surface area contributed by atoms with Crippen LogP contribution in [0.15, 0.2) is 6.07 Å². The van der Waals surface area contributed by atoms with E-state index in [2.05, 4.69) is 24.9 Å². The van der Waals surface area contributed by atoms with Crippen LogP contribution in [-0.4, -0.2) is 18.5 Å². The summed E-state index contributed by atoms with van der Waals surface area (Å²) in [7, 11) is 2.22. The average Bonchev–Trinajstić information content (AvgIpc) is 2.25. The molecule has 0 aromatic heterocycles. The van der Waals surface area contributed by atoms with E-state index in [0.717, 1.165) is 18.2 Å². The van der Waals surface area contributed by atoms with Crippen molar-refractivity contribution in [2.45, 2.75) is 38.6 Å². The molecule has 86 valence electrons. The highest BCUT2D eigenvalue weighted by molar-refractivity contribution is 5.59. The van der Waals surface area contributed by atoms with Crippen molar-refractivity contribution in [2.75, 3.05) is 19.3 Å². The highest BCUT2D eigenvalue weighted by atomic mass is 15.1. The quantitative estimate of drug-likeness (QED) is 0.675. The van der Waals surface area contributed by atoms with E-state index in [9.17, 15) is 0 Å². The van der Waals surface area contributed by atoms with Crippen molar-refractivity contribution in [3.05, 3.63) is 28.3 Å².